The maximum Gasteiger partial charge on any atom is 0.351 e. The summed E-state index contributed by atoms with van der Waals surface area (Å²) in [6, 6.07) is 29.3. The van der Waals surface area contributed by atoms with Gasteiger partial charge in [-0.2, -0.15) is 4.57 Å². The van der Waals surface area contributed by atoms with Crippen LogP contribution in [-0.4, -0.2) is 0 Å². The van der Waals surface area contributed by atoms with Gasteiger partial charge in [-0.3, -0.25) is 0 Å². The van der Waals surface area contributed by atoms with Crippen molar-refractivity contribution in [3.63, 3.8) is 0 Å². The lowest BCUT2D eigenvalue weighted by Gasteiger charge is -2.29. The van der Waals surface area contributed by atoms with Gasteiger partial charge in [0.25, 0.3) is 5.01 Å². The Bertz CT molecular complexity index is 1860. The Labute approximate surface area is 226 Å². The molecular formula is C33H29N2O2S+. The monoisotopic (exact) mass is 517 g/mol. The van der Waals surface area contributed by atoms with Crippen LogP contribution in [0.4, 0.5) is 17.1 Å². The molecule has 0 aliphatic heterocycles. The summed E-state index contributed by atoms with van der Waals surface area (Å²) in [7, 11) is 1.99. The van der Waals surface area contributed by atoms with Crippen molar-refractivity contribution >= 4 is 49.6 Å². The maximum absolute atomic E-state index is 13.3. The van der Waals surface area contributed by atoms with E-state index >= 15 is 0 Å². The lowest BCUT2D eigenvalue weighted by atomic mass is 10.0. The Hall–Kier alpha value is -4.22. The van der Waals surface area contributed by atoms with Gasteiger partial charge in [-0.15, -0.1) is 0 Å². The molecule has 0 saturated heterocycles. The van der Waals surface area contributed by atoms with Gasteiger partial charge in [0, 0.05) is 34.6 Å². The number of thiazole rings is 1. The number of nitrogens with zero attached hydrogens (tertiary/aromatic N) is 2. The minimum Gasteiger partial charge on any atom is -0.422 e. The summed E-state index contributed by atoms with van der Waals surface area (Å²) in [5.74, 6) is 0. The Balaban J connectivity index is 1.52. The predicted molar refractivity (Wildman–Crippen MR) is 158 cm³/mol. The van der Waals surface area contributed by atoms with Crippen molar-refractivity contribution < 1.29 is 8.98 Å². The number of rotatable bonds is 4. The average molecular weight is 518 g/mol. The number of hydrogen-bond acceptors (Lipinski definition) is 4. The van der Waals surface area contributed by atoms with Crippen LogP contribution in [0.5, 0.6) is 0 Å². The van der Waals surface area contributed by atoms with Crippen LogP contribution in [-0.2, 0) is 7.05 Å². The summed E-state index contributed by atoms with van der Waals surface area (Å²) >= 11 is 1.60. The van der Waals surface area contributed by atoms with E-state index in [0.717, 1.165) is 37.7 Å². The van der Waals surface area contributed by atoms with Gasteiger partial charge in [-0.25, -0.2) is 4.79 Å². The minimum absolute atomic E-state index is 0.332. The van der Waals surface area contributed by atoms with Crippen LogP contribution >= 0.6 is 11.3 Å². The summed E-state index contributed by atoms with van der Waals surface area (Å²) in [6.07, 6.45) is 0. The first kappa shape index (κ1) is 24.1. The molecule has 6 aromatic rings. The van der Waals surface area contributed by atoms with Crippen molar-refractivity contribution in [2.24, 2.45) is 7.05 Å². The third kappa shape index (κ3) is 4.09. The zero-order chi connectivity index (χ0) is 26.6. The molecule has 0 bridgehead atoms. The second-order valence-electron chi connectivity index (χ2n) is 10.0. The van der Waals surface area contributed by atoms with E-state index in [9.17, 15) is 4.79 Å². The smallest absolute Gasteiger partial charge is 0.351 e. The van der Waals surface area contributed by atoms with Crippen molar-refractivity contribution in [2.75, 3.05) is 4.90 Å². The molecule has 0 unspecified atom stereocenters. The van der Waals surface area contributed by atoms with Gasteiger partial charge < -0.3 is 9.32 Å². The van der Waals surface area contributed by atoms with E-state index in [-0.39, 0.29) is 5.63 Å². The van der Waals surface area contributed by atoms with Crippen LogP contribution in [0.1, 0.15) is 22.3 Å². The number of anilines is 3. The Morgan fingerprint density at radius 3 is 2.05 bits per heavy atom. The molecule has 0 amide bonds. The lowest BCUT2D eigenvalue weighted by molar-refractivity contribution is -0.629. The number of hydrogen-bond donors (Lipinski definition) is 0. The summed E-state index contributed by atoms with van der Waals surface area (Å²) in [5, 5.41) is 1.78. The Morgan fingerprint density at radius 1 is 0.763 bits per heavy atom. The van der Waals surface area contributed by atoms with E-state index in [1.54, 1.807) is 11.3 Å². The number of para-hydroxylation sites is 1. The molecule has 6 rings (SSSR count). The molecular weight excluding hydrogens is 488 g/mol. The van der Waals surface area contributed by atoms with Gasteiger partial charge in [0.1, 0.15) is 22.9 Å². The van der Waals surface area contributed by atoms with Gasteiger partial charge in [-0.1, -0.05) is 58.9 Å². The molecule has 188 valence electrons. The second kappa shape index (κ2) is 9.26. The van der Waals surface area contributed by atoms with E-state index in [2.05, 4.69) is 91.8 Å². The first-order valence-corrected chi connectivity index (χ1v) is 13.5. The topological polar surface area (TPSA) is 37.3 Å². The molecule has 4 nitrogen and oxygen atoms in total. The summed E-state index contributed by atoms with van der Waals surface area (Å²) in [4.78, 5) is 15.5. The standard InChI is InChI=1S/C33H29N2O2S/c1-20-10-14-27(22(3)16-20)35(28-15-11-21(2)17-23(28)4)25-13-12-24-18-26(33(36)37-30(24)19-25)32-34(5)29-8-6-7-9-31(29)38-32/h6-19H,1-5H3/q+1. The van der Waals surface area contributed by atoms with Gasteiger partial charge in [-0.05, 0) is 75.2 Å². The van der Waals surface area contributed by atoms with Gasteiger partial charge >= 0.3 is 5.63 Å². The summed E-state index contributed by atoms with van der Waals surface area (Å²) < 4.78 is 9.17. The maximum atomic E-state index is 13.3. The first-order chi connectivity index (χ1) is 18.3. The Morgan fingerprint density at radius 2 is 1.42 bits per heavy atom. The average Bonchev–Trinajstić information content (AvgIpc) is 3.22. The van der Waals surface area contributed by atoms with E-state index in [0.29, 0.717) is 11.1 Å². The van der Waals surface area contributed by atoms with Gasteiger partial charge in [0.15, 0.2) is 0 Å². The van der Waals surface area contributed by atoms with E-state index in [1.807, 2.05) is 37.4 Å². The third-order valence-electron chi connectivity index (χ3n) is 7.13. The van der Waals surface area contributed by atoms with Crippen molar-refractivity contribution in [3.8, 4) is 10.6 Å². The largest absolute Gasteiger partial charge is 0.422 e. The molecule has 5 heteroatoms. The number of fused-ring (bicyclic) bond motifs is 2. The fourth-order valence-corrected chi connectivity index (χ4v) is 6.40. The van der Waals surface area contributed by atoms with E-state index in [1.165, 1.54) is 22.3 Å². The highest BCUT2D eigenvalue weighted by Crippen LogP contribution is 2.40. The number of aromatic nitrogens is 1. The van der Waals surface area contributed by atoms with Gasteiger partial charge in [0.2, 0.25) is 5.52 Å². The molecule has 0 fully saturated rings. The normalized spacial score (nSPS) is 11.4. The van der Waals surface area contributed by atoms with Crippen molar-refractivity contribution in [3.05, 3.63) is 118 Å². The van der Waals surface area contributed by atoms with Crippen molar-refractivity contribution in [2.45, 2.75) is 27.7 Å². The Kier molecular flexibility index (Phi) is 5.88. The fraction of sp³-hybridized carbons (Fsp3) is 0.152. The molecule has 2 heterocycles. The number of aryl methyl sites for hydroxylation is 5. The zero-order valence-corrected chi connectivity index (χ0v) is 23.0. The summed E-state index contributed by atoms with van der Waals surface area (Å²) in [5.41, 5.74) is 9.85. The fourth-order valence-electron chi connectivity index (χ4n) is 5.25. The van der Waals surface area contributed by atoms with E-state index in [4.69, 9.17) is 4.42 Å². The highest BCUT2D eigenvalue weighted by atomic mass is 32.1. The SMILES string of the molecule is Cc1ccc(N(c2ccc3cc(-c4sc5ccccc5[n+]4C)c(=O)oc3c2)c2ccc(C)cc2C)c(C)c1. The quantitative estimate of drug-likeness (QED) is 0.175. The zero-order valence-electron chi connectivity index (χ0n) is 22.2. The molecule has 0 radical (unpaired) electrons. The molecule has 38 heavy (non-hydrogen) atoms. The van der Waals surface area contributed by atoms with Crippen LogP contribution in [0.15, 0.2) is 94.1 Å². The van der Waals surface area contributed by atoms with Crippen molar-refractivity contribution in [1.82, 2.24) is 0 Å². The molecule has 0 saturated carbocycles. The van der Waals surface area contributed by atoms with Crippen LogP contribution in [0, 0.1) is 27.7 Å². The highest BCUT2D eigenvalue weighted by molar-refractivity contribution is 7.21. The first-order valence-electron chi connectivity index (χ1n) is 12.7. The number of benzene rings is 4. The lowest BCUT2D eigenvalue weighted by Crippen LogP contribution is -2.29. The molecule has 2 aromatic heterocycles. The molecule has 0 aliphatic carbocycles. The van der Waals surface area contributed by atoms with Gasteiger partial charge in [0.05, 0.1) is 0 Å². The molecule has 4 aromatic carbocycles. The molecule has 0 N–H and O–H groups in total. The summed E-state index contributed by atoms with van der Waals surface area (Å²) in [6.45, 7) is 8.49. The van der Waals surface area contributed by atoms with Crippen LogP contribution in [0.25, 0.3) is 31.8 Å². The van der Waals surface area contributed by atoms with E-state index < -0.39 is 0 Å². The second-order valence-corrected chi connectivity index (χ2v) is 11.0. The third-order valence-corrected chi connectivity index (χ3v) is 8.38. The molecule has 0 spiro atoms. The minimum atomic E-state index is -0.332. The van der Waals surface area contributed by atoms with Crippen LogP contribution < -0.4 is 15.1 Å². The highest BCUT2D eigenvalue weighted by Gasteiger charge is 2.23. The predicted octanol–water partition coefficient (Wildman–Crippen LogP) is 8.20. The molecule has 0 atom stereocenters. The van der Waals surface area contributed by atoms with Crippen LogP contribution in [0.3, 0.4) is 0 Å². The van der Waals surface area contributed by atoms with Crippen LogP contribution in [0.2, 0.25) is 0 Å². The molecule has 0 aliphatic rings. The van der Waals surface area contributed by atoms with Crippen molar-refractivity contribution in [1.29, 1.82) is 0 Å².